The Balaban J connectivity index is 2.09. The normalized spacial score (nSPS) is 26.0. The second-order valence-corrected chi connectivity index (χ2v) is 4.67. The summed E-state index contributed by atoms with van der Waals surface area (Å²) in [7, 11) is 0. The van der Waals surface area contributed by atoms with Crippen molar-refractivity contribution in [3.05, 3.63) is 0 Å². The molecule has 0 spiro atoms. The Morgan fingerprint density at radius 2 is 2.00 bits per heavy atom. The van der Waals surface area contributed by atoms with Gasteiger partial charge in [-0.05, 0) is 44.3 Å². The highest BCUT2D eigenvalue weighted by molar-refractivity contribution is 7.80. The number of aliphatic hydroxyl groups is 1. The quantitative estimate of drug-likeness (QED) is 0.506. The van der Waals surface area contributed by atoms with E-state index in [0.29, 0.717) is 6.04 Å². The van der Waals surface area contributed by atoms with E-state index in [2.05, 4.69) is 17.6 Å². The summed E-state index contributed by atoms with van der Waals surface area (Å²) in [5.74, 6) is 0. The van der Waals surface area contributed by atoms with Gasteiger partial charge in [0, 0.05) is 12.6 Å². The van der Waals surface area contributed by atoms with Crippen LogP contribution in [0.15, 0.2) is 0 Å². The third-order valence-electron chi connectivity index (χ3n) is 2.85. The molecule has 0 bridgehead atoms. The van der Waals surface area contributed by atoms with Crippen molar-refractivity contribution in [3.63, 3.8) is 0 Å². The van der Waals surface area contributed by atoms with Crippen LogP contribution in [0.4, 0.5) is 0 Å². The van der Waals surface area contributed by atoms with Crippen LogP contribution in [-0.4, -0.2) is 28.9 Å². The molecule has 0 aromatic rings. The predicted octanol–water partition coefficient (Wildman–Crippen LogP) is 1.55. The zero-order valence-corrected chi connectivity index (χ0v) is 10.3. The zero-order chi connectivity index (χ0) is 11.1. The van der Waals surface area contributed by atoms with Gasteiger partial charge in [-0.25, -0.2) is 0 Å². The van der Waals surface area contributed by atoms with E-state index < -0.39 is 0 Å². The van der Waals surface area contributed by atoms with Crippen LogP contribution in [0.25, 0.3) is 0 Å². The number of rotatable bonds is 4. The van der Waals surface area contributed by atoms with E-state index in [-0.39, 0.29) is 6.10 Å². The highest BCUT2D eigenvalue weighted by atomic mass is 32.1. The summed E-state index contributed by atoms with van der Waals surface area (Å²) in [6.45, 7) is 3.12. The standard InChI is InChI=1S/C11H22N2OS/c1-2-3-8-12-11(15)13-9-4-6-10(14)7-5-9/h9-10,14H,2-8H2,1H3,(H2,12,13,15). The van der Waals surface area contributed by atoms with Crippen molar-refractivity contribution in [1.82, 2.24) is 10.6 Å². The second-order valence-electron chi connectivity index (χ2n) is 4.26. The van der Waals surface area contributed by atoms with E-state index in [4.69, 9.17) is 12.2 Å². The SMILES string of the molecule is CCCCNC(=S)NC1CCC(O)CC1. The van der Waals surface area contributed by atoms with Crippen molar-refractivity contribution in [2.24, 2.45) is 0 Å². The van der Waals surface area contributed by atoms with Gasteiger partial charge in [0.15, 0.2) is 5.11 Å². The first-order valence-corrected chi connectivity index (χ1v) is 6.35. The van der Waals surface area contributed by atoms with E-state index in [1.54, 1.807) is 0 Å². The molecule has 1 aliphatic rings. The molecule has 88 valence electrons. The molecule has 0 unspecified atom stereocenters. The summed E-state index contributed by atoms with van der Waals surface area (Å²) in [5, 5.41) is 16.6. The lowest BCUT2D eigenvalue weighted by molar-refractivity contribution is 0.120. The van der Waals surface area contributed by atoms with Gasteiger partial charge in [-0.3, -0.25) is 0 Å². The molecule has 0 radical (unpaired) electrons. The van der Waals surface area contributed by atoms with Gasteiger partial charge in [0.2, 0.25) is 0 Å². The minimum absolute atomic E-state index is 0.0929. The smallest absolute Gasteiger partial charge is 0.166 e. The number of nitrogens with one attached hydrogen (secondary N) is 2. The molecule has 0 aromatic carbocycles. The van der Waals surface area contributed by atoms with Crippen molar-refractivity contribution in [1.29, 1.82) is 0 Å². The molecule has 0 aromatic heterocycles. The Bertz CT molecular complexity index is 191. The van der Waals surface area contributed by atoms with Crippen LogP contribution in [0.5, 0.6) is 0 Å². The van der Waals surface area contributed by atoms with Crippen LogP contribution >= 0.6 is 12.2 Å². The first-order chi connectivity index (χ1) is 7.22. The van der Waals surface area contributed by atoms with Crippen LogP contribution in [0.2, 0.25) is 0 Å². The van der Waals surface area contributed by atoms with Gasteiger partial charge >= 0.3 is 0 Å². The Morgan fingerprint density at radius 3 is 2.60 bits per heavy atom. The fourth-order valence-electron chi connectivity index (χ4n) is 1.84. The molecule has 4 heteroatoms. The van der Waals surface area contributed by atoms with Gasteiger partial charge in [-0.2, -0.15) is 0 Å². The molecule has 0 amide bonds. The van der Waals surface area contributed by atoms with Gasteiger partial charge in [0.25, 0.3) is 0 Å². The Labute approximate surface area is 97.6 Å². The van der Waals surface area contributed by atoms with Crippen molar-refractivity contribution >= 4 is 17.3 Å². The molecule has 0 aliphatic heterocycles. The lowest BCUT2D eigenvalue weighted by atomic mass is 9.93. The van der Waals surface area contributed by atoms with Gasteiger partial charge in [-0.15, -0.1) is 0 Å². The highest BCUT2D eigenvalue weighted by Crippen LogP contribution is 2.17. The molecule has 1 fully saturated rings. The average molecular weight is 230 g/mol. The third kappa shape index (κ3) is 5.33. The maximum Gasteiger partial charge on any atom is 0.166 e. The van der Waals surface area contributed by atoms with E-state index in [1.165, 1.54) is 6.42 Å². The second kappa shape index (κ2) is 7.01. The summed E-state index contributed by atoms with van der Waals surface area (Å²) in [6, 6.07) is 0.454. The summed E-state index contributed by atoms with van der Waals surface area (Å²) < 4.78 is 0. The van der Waals surface area contributed by atoms with Crippen molar-refractivity contribution in [2.45, 2.75) is 57.6 Å². The number of aliphatic hydroxyl groups excluding tert-OH is 1. The molecule has 0 saturated heterocycles. The monoisotopic (exact) mass is 230 g/mol. The summed E-state index contributed by atoms with van der Waals surface area (Å²) in [4.78, 5) is 0. The fraction of sp³-hybridized carbons (Fsp3) is 0.909. The van der Waals surface area contributed by atoms with Crippen molar-refractivity contribution < 1.29 is 5.11 Å². The van der Waals surface area contributed by atoms with E-state index in [0.717, 1.165) is 43.8 Å². The largest absolute Gasteiger partial charge is 0.393 e. The Morgan fingerprint density at radius 1 is 1.33 bits per heavy atom. The topological polar surface area (TPSA) is 44.3 Å². The van der Waals surface area contributed by atoms with E-state index in [9.17, 15) is 5.11 Å². The molecule has 3 N–H and O–H groups in total. The van der Waals surface area contributed by atoms with Crippen LogP contribution in [0, 0.1) is 0 Å². The molecule has 1 aliphatic carbocycles. The molecule has 15 heavy (non-hydrogen) atoms. The van der Waals surface area contributed by atoms with Gasteiger partial charge < -0.3 is 15.7 Å². The summed E-state index contributed by atoms with van der Waals surface area (Å²) in [6.07, 6.45) is 6.10. The predicted molar refractivity (Wildman–Crippen MR) is 66.9 cm³/mol. The summed E-state index contributed by atoms with van der Waals surface area (Å²) in [5.41, 5.74) is 0. The molecular formula is C11H22N2OS. The van der Waals surface area contributed by atoms with Gasteiger partial charge in [0.05, 0.1) is 6.10 Å². The maximum absolute atomic E-state index is 9.36. The molecule has 1 saturated carbocycles. The molecule has 1 rings (SSSR count). The van der Waals surface area contributed by atoms with Crippen molar-refractivity contribution in [2.75, 3.05) is 6.54 Å². The third-order valence-corrected chi connectivity index (χ3v) is 3.11. The number of hydrogen-bond acceptors (Lipinski definition) is 2. The van der Waals surface area contributed by atoms with Crippen LogP contribution < -0.4 is 10.6 Å². The summed E-state index contributed by atoms with van der Waals surface area (Å²) >= 11 is 5.19. The Kier molecular flexibility index (Phi) is 5.95. The maximum atomic E-state index is 9.36. The number of thiocarbonyl (C=S) groups is 1. The van der Waals surface area contributed by atoms with E-state index >= 15 is 0 Å². The van der Waals surface area contributed by atoms with Crippen molar-refractivity contribution in [3.8, 4) is 0 Å². The highest BCUT2D eigenvalue weighted by Gasteiger charge is 2.19. The van der Waals surface area contributed by atoms with Gasteiger partial charge in [0.1, 0.15) is 0 Å². The average Bonchev–Trinajstić information content (AvgIpc) is 2.22. The molecule has 3 nitrogen and oxygen atoms in total. The lowest BCUT2D eigenvalue weighted by Crippen LogP contribution is -2.44. The van der Waals surface area contributed by atoms with Gasteiger partial charge in [-0.1, -0.05) is 13.3 Å². The van der Waals surface area contributed by atoms with Crippen LogP contribution in [0.1, 0.15) is 45.4 Å². The number of hydrogen-bond donors (Lipinski definition) is 3. The Hall–Kier alpha value is -0.350. The first-order valence-electron chi connectivity index (χ1n) is 5.94. The molecule has 0 heterocycles. The molecular weight excluding hydrogens is 208 g/mol. The van der Waals surface area contributed by atoms with E-state index in [1.807, 2.05) is 0 Å². The fourth-order valence-corrected chi connectivity index (χ4v) is 2.10. The first kappa shape index (κ1) is 12.7. The minimum atomic E-state index is -0.0929. The minimum Gasteiger partial charge on any atom is -0.393 e. The number of unbranched alkanes of at least 4 members (excludes halogenated alkanes) is 1. The lowest BCUT2D eigenvalue weighted by Gasteiger charge is -2.27. The van der Waals surface area contributed by atoms with Crippen LogP contribution in [-0.2, 0) is 0 Å². The van der Waals surface area contributed by atoms with Crippen LogP contribution in [0.3, 0.4) is 0 Å². The zero-order valence-electron chi connectivity index (χ0n) is 9.46. The molecule has 0 atom stereocenters.